The molecular formula is C10H11ClF2N2. The van der Waals surface area contributed by atoms with Crippen LogP contribution in [0.15, 0.2) is 18.9 Å². The summed E-state index contributed by atoms with van der Waals surface area (Å²) in [6.45, 7) is 3.54. The summed E-state index contributed by atoms with van der Waals surface area (Å²) in [6, 6.07) is -0.460. The van der Waals surface area contributed by atoms with Gasteiger partial charge in [0.15, 0.2) is 5.82 Å². The Morgan fingerprint density at radius 1 is 1.60 bits per heavy atom. The molecule has 0 aliphatic rings. The van der Waals surface area contributed by atoms with Crippen LogP contribution in [0.25, 0.3) is 0 Å². The summed E-state index contributed by atoms with van der Waals surface area (Å²) in [6.07, 6.45) is 4.10. The average Bonchev–Trinajstić information content (AvgIpc) is 2.23. The molecule has 2 N–H and O–H groups in total. The highest BCUT2D eigenvalue weighted by Gasteiger charge is 2.17. The van der Waals surface area contributed by atoms with Gasteiger partial charge >= 0.3 is 0 Å². The molecule has 1 rings (SSSR count). The van der Waals surface area contributed by atoms with Gasteiger partial charge < -0.3 is 5.73 Å². The van der Waals surface area contributed by atoms with Crippen molar-refractivity contribution in [3.05, 3.63) is 41.2 Å². The van der Waals surface area contributed by atoms with E-state index < -0.39 is 17.8 Å². The van der Waals surface area contributed by atoms with Gasteiger partial charge in [0, 0.05) is 17.8 Å². The first kappa shape index (κ1) is 12.1. The fraction of sp³-hybridized carbons (Fsp3) is 0.300. The van der Waals surface area contributed by atoms with E-state index in [0.29, 0.717) is 18.4 Å². The molecule has 0 aliphatic carbocycles. The van der Waals surface area contributed by atoms with Crippen LogP contribution in [0, 0.1) is 11.8 Å². The van der Waals surface area contributed by atoms with Crippen molar-refractivity contribution >= 4 is 11.6 Å². The largest absolute Gasteiger partial charge is 0.324 e. The number of halogens is 3. The second-order valence-electron chi connectivity index (χ2n) is 3.10. The van der Waals surface area contributed by atoms with E-state index in [1.54, 1.807) is 6.08 Å². The highest BCUT2D eigenvalue weighted by atomic mass is 35.5. The Balaban J connectivity index is 2.94. The molecule has 15 heavy (non-hydrogen) atoms. The predicted molar refractivity (Wildman–Crippen MR) is 55.5 cm³/mol. The van der Waals surface area contributed by atoms with Gasteiger partial charge in [0.25, 0.3) is 0 Å². The lowest BCUT2D eigenvalue weighted by molar-refractivity contribution is 0.474. The minimum Gasteiger partial charge on any atom is -0.324 e. The van der Waals surface area contributed by atoms with E-state index in [0.717, 1.165) is 6.20 Å². The summed E-state index contributed by atoms with van der Waals surface area (Å²) >= 11 is 5.61. The smallest absolute Gasteiger partial charge is 0.250 e. The Kier molecular flexibility index (Phi) is 4.17. The molecule has 0 radical (unpaired) electrons. The summed E-state index contributed by atoms with van der Waals surface area (Å²) in [7, 11) is 0. The van der Waals surface area contributed by atoms with Gasteiger partial charge in [-0.1, -0.05) is 17.7 Å². The number of aromatic nitrogens is 1. The summed E-state index contributed by atoms with van der Waals surface area (Å²) in [5, 5.41) is -0.293. The van der Waals surface area contributed by atoms with Crippen molar-refractivity contribution in [2.45, 2.75) is 18.9 Å². The first-order valence-electron chi connectivity index (χ1n) is 4.43. The first-order chi connectivity index (χ1) is 7.07. The van der Waals surface area contributed by atoms with Crippen molar-refractivity contribution in [2.75, 3.05) is 0 Å². The topological polar surface area (TPSA) is 38.9 Å². The number of allylic oxidation sites excluding steroid dienone is 1. The summed E-state index contributed by atoms with van der Waals surface area (Å²) in [5.74, 6) is -2.36. The molecule has 1 aromatic heterocycles. The van der Waals surface area contributed by atoms with Gasteiger partial charge in [-0.3, -0.25) is 0 Å². The van der Waals surface area contributed by atoms with E-state index in [2.05, 4.69) is 11.6 Å². The van der Waals surface area contributed by atoms with Crippen LogP contribution in [-0.4, -0.2) is 4.98 Å². The minimum atomic E-state index is -1.21. The highest BCUT2D eigenvalue weighted by Crippen LogP contribution is 2.27. The molecule has 0 amide bonds. The first-order valence-corrected chi connectivity index (χ1v) is 4.81. The van der Waals surface area contributed by atoms with Crippen LogP contribution in [0.5, 0.6) is 0 Å². The van der Waals surface area contributed by atoms with Crippen molar-refractivity contribution in [3.8, 4) is 0 Å². The van der Waals surface area contributed by atoms with E-state index in [-0.39, 0.29) is 5.02 Å². The number of nitrogens with zero attached hydrogens (tertiary/aromatic N) is 1. The average molecular weight is 233 g/mol. The zero-order valence-electron chi connectivity index (χ0n) is 8.01. The third-order valence-electron chi connectivity index (χ3n) is 2.03. The zero-order chi connectivity index (χ0) is 11.4. The number of nitrogens with two attached hydrogens (primary N) is 1. The Morgan fingerprint density at radius 3 is 2.87 bits per heavy atom. The van der Waals surface area contributed by atoms with Gasteiger partial charge in [0.1, 0.15) is 0 Å². The molecule has 0 aliphatic heterocycles. The van der Waals surface area contributed by atoms with Gasteiger partial charge in [0.2, 0.25) is 5.95 Å². The minimum absolute atomic E-state index is 0.293. The quantitative estimate of drug-likeness (QED) is 0.640. The van der Waals surface area contributed by atoms with E-state index >= 15 is 0 Å². The van der Waals surface area contributed by atoms with Gasteiger partial charge in [-0.05, 0) is 12.8 Å². The van der Waals surface area contributed by atoms with Crippen molar-refractivity contribution in [3.63, 3.8) is 0 Å². The van der Waals surface area contributed by atoms with Crippen molar-refractivity contribution < 1.29 is 8.78 Å². The lowest BCUT2D eigenvalue weighted by Crippen LogP contribution is -2.12. The molecule has 0 fully saturated rings. The molecule has 0 bridgehead atoms. The Labute approximate surface area is 91.8 Å². The van der Waals surface area contributed by atoms with Crippen LogP contribution in [0.4, 0.5) is 8.78 Å². The Bertz CT molecular complexity index is 369. The molecule has 0 saturated heterocycles. The summed E-state index contributed by atoms with van der Waals surface area (Å²) in [5.41, 5.74) is 6.06. The summed E-state index contributed by atoms with van der Waals surface area (Å²) < 4.78 is 25.7. The molecule has 1 heterocycles. The van der Waals surface area contributed by atoms with Crippen LogP contribution in [-0.2, 0) is 0 Å². The van der Waals surface area contributed by atoms with Crippen LogP contribution in [0.1, 0.15) is 24.4 Å². The molecule has 0 aromatic carbocycles. The van der Waals surface area contributed by atoms with Gasteiger partial charge in [-0.2, -0.15) is 4.39 Å². The van der Waals surface area contributed by atoms with E-state index in [1.165, 1.54) is 0 Å². The molecule has 0 spiro atoms. The molecular weight excluding hydrogens is 222 g/mol. The van der Waals surface area contributed by atoms with Crippen molar-refractivity contribution in [2.24, 2.45) is 5.73 Å². The van der Waals surface area contributed by atoms with Gasteiger partial charge in [0.05, 0.1) is 5.02 Å². The Hall–Kier alpha value is -1.00. The highest BCUT2D eigenvalue weighted by molar-refractivity contribution is 6.31. The van der Waals surface area contributed by atoms with Crippen molar-refractivity contribution in [1.29, 1.82) is 0 Å². The molecule has 1 aromatic rings. The molecule has 0 saturated carbocycles. The predicted octanol–water partition coefficient (Wildman–Crippen LogP) is 2.98. The SMILES string of the molecule is C=CCCC(N)c1cnc(F)c(F)c1Cl. The monoisotopic (exact) mass is 232 g/mol. The van der Waals surface area contributed by atoms with E-state index in [4.69, 9.17) is 17.3 Å². The van der Waals surface area contributed by atoms with Gasteiger partial charge in [-0.25, -0.2) is 9.37 Å². The number of pyridine rings is 1. The number of rotatable bonds is 4. The third kappa shape index (κ3) is 2.73. The van der Waals surface area contributed by atoms with Crippen LogP contribution < -0.4 is 5.73 Å². The van der Waals surface area contributed by atoms with Crippen molar-refractivity contribution in [1.82, 2.24) is 4.98 Å². The third-order valence-corrected chi connectivity index (χ3v) is 2.41. The van der Waals surface area contributed by atoms with Crippen LogP contribution in [0.2, 0.25) is 5.02 Å². The lowest BCUT2D eigenvalue weighted by Gasteiger charge is -2.12. The van der Waals surface area contributed by atoms with E-state index in [9.17, 15) is 8.78 Å². The second-order valence-corrected chi connectivity index (χ2v) is 3.48. The maximum Gasteiger partial charge on any atom is 0.250 e. The molecule has 2 nitrogen and oxygen atoms in total. The second kappa shape index (κ2) is 5.19. The van der Waals surface area contributed by atoms with Crippen LogP contribution in [0.3, 0.4) is 0 Å². The maximum atomic E-state index is 13.0. The molecule has 1 atom stereocenters. The standard InChI is InChI=1S/C10H11ClF2N2/c1-2-3-4-7(14)6-5-15-10(13)9(12)8(6)11/h2,5,7H,1,3-4,14H2. The Morgan fingerprint density at radius 2 is 2.27 bits per heavy atom. The molecule has 82 valence electrons. The summed E-state index contributed by atoms with van der Waals surface area (Å²) in [4.78, 5) is 3.24. The molecule has 5 heteroatoms. The van der Waals surface area contributed by atoms with Crippen LogP contribution >= 0.6 is 11.6 Å². The normalized spacial score (nSPS) is 12.5. The fourth-order valence-corrected chi connectivity index (χ4v) is 1.44. The van der Waals surface area contributed by atoms with E-state index in [1.807, 2.05) is 0 Å². The molecule has 1 unspecified atom stereocenters. The fourth-order valence-electron chi connectivity index (χ4n) is 1.17. The maximum absolute atomic E-state index is 13.0. The van der Waals surface area contributed by atoms with Gasteiger partial charge in [-0.15, -0.1) is 6.58 Å². The number of hydrogen-bond acceptors (Lipinski definition) is 2. The number of hydrogen-bond donors (Lipinski definition) is 1. The zero-order valence-corrected chi connectivity index (χ0v) is 8.77. The lowest BCUT2D eigenvalue weighted by atomic mass is 10.0.